The van der Waals surface area contributed by atoms with Crippen LogP contribution in [0.4, 0.5) is 0 Å². The molecule has 27 heavy (non-hydrogen) atoms. The fourth-order valence-electron chi connectivity index (χ4n) is 3.83. The summed E-state index contributed by atoms with van der Waals surface area (Å²) in [5, 5.41) is 2.93. The number of amides is 1. The molecule has 0 aromatic heterocycles. The van der Waals surface area contributed by atoms with E-state index in [-0.39, 0.29) is 25.2 Å². The number of fused-ring (bicyclic) bond motifs is 1. The molecule has 0 spiro atoms. The van der Waals surface area contributed by atoms with Gasteiger partial charge < -0.3 is 14.8 Å². The lowest BCUT2D eigenvalue weighted by Gasteiger charge is -2.33. The summed E-state index contributed by atoms with van der Waals surface area (Å²) in [6.07, 6.45) is 3.23. The van der Waals surface area contributed by atoms with Crippen molar-refractivity contribution in [3.63, 3.8) is 0 Å². The van der Waals surface area contributed by atoms with Crippen LogP contribution in [0.5, 0.6) is 11.5 Å². The van der Waals surface area contributed by atoms with Crippen LogP contribution < -0.4 is 14.8 Å². The maximum Gasteiger partial charge on any atom is 0.281 e. The third-order valence-electron chi connectivity index (χ3n) is 5.38. The molecule has 8 nitrogen and oxygen atoms in total. The van der Waals surface area contributed by atoms with Gasteiger partial charge in [0, 0.05) is 32.7 Å². The molecule has 3 heterocycles. The van der Waals surface area contributed by atoms with Crippen molar-refractivity contribution in [1.82, 2.24) is 13.9 Å². The van der Waals surface area contributed by atoms with Crippen molar-refractivity contribution in [3.05, 3.63) is 23.8 Å². The SMILES string of the molecule is O=C(NCc1ccc2c(c1)OCO2)[C@@H]1CCCN(S(=O)(=O)N2CCCC2)C1. The highest BCUT2D eigenvalue weighted by molar-refractivity contribution is 7.86. The molecular weight excluding hydrogens is 370 g/mol. The fourth-order valence-corrected chi connectivity index (χ4v) is 5.61. The van der Waals surface area contributed by atoms with Crippen molar-refractivity contribution < 1.29 is 22.7 Å². The van der Waals surface area contributed by atoms with Gasteiger partial charge in [-0.25, -0.2) is 0 Å². The molecule has 1 atom stereocenters. The van der Waals surface area contributed by atoms with Crippen LogP contribution in [-0.4, -0.2) is 55.9 Å². The average molecular weight is 395 g/mol. The number of piperidine rings is 1. The summed E-state index contributed by atoms with van der Waals surface area (Å²) in [6, 6.07) is 5.57. The molecule has 2 fully saturated rings. The van der Waals surface area contributed by atoms with Gasteiger partial charge in [-0.1, -0.05) is 6.07 Å². The number of nitrogens with zero attached hydrogens (tertiary/aromatic N) is 2. The van der Waals surface area contributed by atoms with Crippen molar-refractivity contribution in [2.75, 3.05) is 33.0 Å². The molecular formula is C18H25N3O5S. The summed E-state index contributed by atoms with van der Waals surface area (Å²) in [4.78, 5) is 12.6. The lowest BCUT2D eigenvalue weighted by Crippen LogP contribution is -2.49. The molecule has 0 bridgehead atoms. The van der Waals surface area contributed by atoms with Gasteiger partial charge in [0.25, 0.3) is 10.2 Å². The number of rotatable bonds is 5. The number of benzene rings is 1. The maximum atomic E-state index is 12.7. The van der Waals surface area contributed by atoms with E-state index in [0.717, 1.165) is 18.4 Å². The number of hydrogen-bond donors (Lipinski definition) is 1. The van der Waals surface area contributed by atoms with Gasteiger partial charge in [-0.15, -0.1) is 0 Å². The second-order valence-electron chi connectivity index (χ2n) is 7.22. The molecule has 0 saturated carbocycles. The minimum Gasteiger partial charge on any atom is -0.454 e. The predicted octanol–water partition coefficient (Wildman–Crippen LogP) is 1.08. The lowest BCUT2D eigenvalue weighted by molar-refractivity contribution is -0.126. The molecule has 0 radical (unpaired) electrons. The van der Waals surface area contributed by atoms with Crippen LogP contribution >= 0.6 is 0 Å². The Bertz CT molecular complexity index is 807. The number of nitrogens with one attached hydrogen (secondary N) is 1. The van der Waals surface area contributed by atoms with Crippen LogP contribution in [0.2, 0.25) is 0 Å². The quantitative estimate of drug-likeness (QED) is 0.806. The standard InChI is InChI=1S/C18H25N3O5S/c22-18(19-11-14-5-6-16-17(10-14)26-13-25-16)15-4-3-9-21(12-15)27(23,24)20-7-1-2-8-20/h5-6,10,15H,1-4,7-9,11-13H2,(H,19,22)/t15-/m1/s1. The first-order chi connectivity index (χ1) is 13.0. The van der Waals surface area contributed by atoms with E-state index in [1.54, 1.807) is 4.31 Å². The minimum absolute atomic E-state index is 0.103. The van der Waals surface area contributed by atoms with Gasteiger partial charge in [-0.2, -0.15) is 17.0 Å². The Balaban J connectivity index is 1.34. The van der Waals surface area contributed by atoms with Crippen LogP contribution in [0.15, 0.2) is 18.2 Å². The zero-order chi connectivity index (χ0) is 18.9. The van der Waals surface area contributed by atoms with Gasteiger partial charge in [0.2, 0.25) is 12.7 Å². The molecule has 3 aliphatic heterocycles. The second kappa shape index (κ2) is 7.65. The third kappa shape index (κ3) is 3.90. The number of carbonyl (C=O) groups excluding carboxylic acids is 1. The zero-order valence-electron chi connectivity index (χ0n) is 15.2. The molecule has 1 N–H and O–H groups in total. The molecule has 9 heteroatoms. The summed E-state index contributed by atoms with van der Waals surface area (Å²) in [7, 11) is -3.45. The van der Waals surface area contributed by atoms with E-state index >= 15 is 0 Å². The Morgan fingerprint density at radius 1 is 1.07 bits per heavy atom. The van der Waals surface area contributed by atoms with Crippen LogP contribution in [0, 0.1) is 5.92 Å². The van der Waals surface area contributed by atoms with E-state index in [4.69, 9.17) is 9.47 Å². The van der Waals surface area contributed by atoms with Crippen LogP contribution in [0.3, 0.4) is 0 Å². The highest BCUT2D eigenvalue weighted by atomic mass is 32.2. The summed E-state index contributed by atoms with van der Waals surface area (Å²) in [6.45, 7) is 2.51. The third-order valence-corrected chi connectivity index (χ3v) is 7.38. The number of carbonyl (C=O) groups is 1. The largest absolute Gasteiger partial charge is 0.454 e. The van der Waals surface area contributed by atoms with E-state index in [2.05, 4.69) is 5.32 Å². The molecule has 2 saturated heterocycles. The first kappa shape index (κ1) is 18.5. The van der Waals surface area contributed by atoms with E-state index in [9.17, 15) is 13.2 Å². The van der Waals surface area contributed by atoms with Crippen LogP contribution in [-0.2, 0) is 21.5 Å². The van der Waals surface area contributed by atoms with Crippen molar-refractivity contribution in [2.24, 2.45) is 5.92 Å². The Morgan fingerprint density at radius 3 is 2.63 bits per heavy atom. The summed E-state index contributed by atoms with van der Waals surface area (Å²) >= 11 is 0. The second-order valence-corrected chi connectivity index (χ2v) is 9.14. The normalized spacial score (nSPS) is 23.5. The molecule has 1 aromatic carbocycles. The summed E-state index contributed by atoms with van der Waals surface area (Å²) < 4.78 is 39.1. The minimum atomic E-state index is -3.45. The van der Waals surface area contributed by atoms with E-state index < -0.39 is 10.2 Å². The predicted molar refractivity (Wildman–Crippen MR) is 98.4 cm³/mol. The van der Waals surface area contributed by atoms with Crippen molar-refractivity contribution in [2.45, 2.75) is 32.2 Å². The van der Waals surface area contributed by atoms with Gasteiger partial charge in [0.15, 0.2) is 11.5 Å². The molecule has 1 amide bonds. The summed E-state index contributed by atoms with van der Waals surface area (Å²) in [5.41, 5.74) is 0.921. The van der Waals surface area contributed by atoms with Gasteiger partial charge in [0.05, 0.1) is 5.92 Å². The topological polar surface area (TPSA) is 88.2 Å². The van der Waals surface area contributed by atoms with E-state index in [1.807, 2.05) is 18.2 Å². The van der Waals surface area contributed by atoms with E-state index in [1.165, 1.54) is 4.31 Å². The maximum absolute atomic E-state index is 12.7. The number of hydrogen-bond acceptors (Lipinski definition) is 5. The molecule has 1 aromatic rings. The highest BCUT2D eigenvalue weighted by Gasteiger charge is 2.36. The van der Waals surface area contributed by atoms with Crippen molar-refractivity contribution in [3.8, 4) is 11.5 Å². The van der Waals surface area contributed by atoms with Gasteiger partial charge in [0.1, 0.15) is 0 Å². The van der Waals surface area contributed by atoms with Crippen molar-refractivity contribution >= 4 is 16.1 Å². The molecule has 148 valence electrons. The monoisotopic (exact) mass is 395 g/mol. The van der Waals surface area contributed by atoms with Gasteiger partial charge >= 0.3 is 0 Å². The first-order valence-electron chi connectivity index (χ1n) is 9.45. The molecule has 4 rings (SSSR count). The Morgan fingerprint density at radius 2 is 1.81 bits per heavy atom. The molecule has 3 aliphatic rings. The first-order valence-corrected chi connectivity index (χ1v) is 10.9. The molecule has 0 aliphatic carbocycles. The number of ether oxygens (including phenoxy) is 2. The van der Waals surface area contributed by atoms with Gasteiger partial charge in [-0.05, 0) is 43.4 Å². The van der Waals surface area contributed by atoms with Crippen LogP contribution in [0.1, 0.15) is 31.2 Å². The Kier molecular flexibility index (Phi) is 5.25. The lowest BCUT2D eigenvalue weighted by atomic mass is 9.98. The van der Waals surface area contributed by atoms with E-state index in [0.29, 0.717) is 50.5 Å². The van der Waals surface area contributed by atoms with Crippen LogP contribution in [0.25, 0.3) is 0 Å². The van der Waals surface area contributed by atoms with Gasteiger partial charge in [-0.3, -0.25) is 4.79 Å². The Labute approximate surface area is 159 Å². The highest BCUT2D eigenvalue weighted by Crippen LogP contribution is 2.32. The average Bonchev–Trinajstić information content (AvgIpc) is 3.37. The fraction of sp³-hybridized carbons (Fsp3) is 0.611. The smallest absolute Gasteiger partial charge is 0.281 e. The zero-order valence-corrected chi connectivity index (χ0v) is 16.0. The summed E-state index contributed by atoms with van der Waals surface area (Å²) in [5.74, 6) is 0.974. The Hall–Kier alpha value is -1.84. The molecule has 0 unspecified atom stereocenters. The van der Waals surface area contributed by atoms with Crippen molar-refractivity contribution in [1.29, 1.82) is 0 Å².